The van der Waals surface area contributed by atoms with Gasteiger partial charge < -0.3 is 14.7 Å². The maximum Gasteiger partial charge on any atom is 0.334 e. The highest BCUT2D eigenvalue weighted by molar-refractivity contribution is 5.94. The number of carboxylic acids is 1. The van der Waals surface area contributed by atoms with Gasteiger partial charge in [-0.3, -0.25) is 4.79 Å². The van der Waals surface area contributed by atoms with Crippen molar-refractivity contribution in [2.45, 2.75) is 19.1 Å². The quantitative estimate of drug-likeness (QED) is 0.849. The largest absolute Gasteiger partial charge is 0.479 e. The molecule has 1 aliphatic heterocycles. The van der Waals surface area contributed by atoms with Gasteiger partial charge in [0.2, 0.25) is 0 Å². The van der Waals surface area contributed by atoms with Crippen molar-refractivity contribution < 1.29 is 19.4 Å². The minimum atomic E-state index is -1.03. The fourth-order valence-corrected chi connectivity index (χ4v) is 2.02. The van der Waals surface area contributed by atoms with Gasteiger partial charge in [0.25, 0.3) is 5.91 Å². The first-order valence-electron chi connectivity index (χ1n) is 5.80. The van der Waals surface area contributed by atoms with Gasteiger partial charge in [-0.25, -0.2) is 4.79 Å². The molecule has 0 aromatic heterocycles. The SMILES string of the molecule is C[C@@H]1CN(C(=O)c2ccccc2)CC(C(=O)O)O1. The Kier molecular flexibility index (Phi) is 3.62. The summed E-state index contributed by atoms with van der Waals surface area (Å²) in [7, 11) is 0. The number of carbonyl (C=O) groups excluding carboxylic acids is 1. The van der Waals surface area contributed by atoms with Crippen molar-refractivity contribution in [2.24, 2.45) is 0 Å². The van der Waals surface area contributed by atoms with E-state index in [-0.39, 0.29) is 18.6 Å². The number of amides is 1. The molecule has 2 atom stereocenters. The standard InChI is InChI=1S/C13H15NO4/c1-9-7-14(8-11(18-9)13(16)17)12(15)10-5-3-2-4-6-10/h2-6,9,11H,7-8H2,1H3,(H,16,17)/t9-,11?/m1/s1. The van der Waals surface area contributed by atoms with Crippen molar-refractivity contribution in [1.29, 1.82) is 0 Å². The fraction of sp³-hybridized carbons (Fsp3) is 0.385. The third-order valence-corrected chi connectivity index (χ3v) is 2.84. The monoisotopic (exact) mass is 249 g/mol. The number of ether oxygens (including phenoxy) is 1. The number of carboxylic acid groups (broad SMARTS) is 1. The first-order chi connectivity index (χ1) is 8.58. The zero-order chi connectivity index (χ0) is 13.1. The highest BCUT2D eigenvalue weighted by atomic mass is 16.5. The summed E-state index contributed by atoms with van der Waals surface area (Å²) in [4.78, 5) is 24.7. The molecule has 1 unspecified atom stereocenters. The van der Waals surface area contributed by atoms with Gasteiger partial charge in [0.1, 0.15) is 0 Å². The van der Waals surface area contributed by atoms with Crippen molar-refractivity contribution in [3.05, 3.63) is 35.9 Å². The van der Waals surface area contributed by atoms with E-state index >= 15 is 0 Å². The molecule has 0 bridgehead atoms. The van der Waals surface area contributed by atoms with E-state index in [4.69, 9.17) is 9.84 Å². The lowest BCUT2D eigenvalue weighted by Gasteiger charge is -2.34. The van der Waals surface area contributed by atoms with Crippen LogP contribution in [-0.4, -0.2) is 47.2 Å². The third kappa shape index (κ3) is 2.68. The highest BCUT2D eigenvalue weighted by Crippen LogP contribution is 2.14. The second-order valence-corrected chi connectivity index (χ2v) is 4.35. The predicted molar refractivity (Wildman–Crippen MR) is 64.3 cm³/mol. The van der Waals surface area contributed by atoms with E-state index in [0.717, 1.165) is 0 Å². The van der Waals surface area contributed by atoms with Gasteiger partial charge in [0.15, 0.2) is 6.10 Å². The summed E-state index contributed by atoms with van der Waals surface area (Å²) in [6.07, 6.45) is -1.21. The van der Waals surface area contributed by atoms with Crippen molar-refractivity contribution in [1.82, 2.24) is 4.90 Å². The Bertz CT molecular complexity index is 446. The smallest absolute Gasteiger partial charge is 0.334 e. The van der Waals surface area contributed by atoms with Crippen molar-refractivity contribution in [2.75, 3.05) is 13.1 Å². The van der Waals surface area contributed by atoms with E-state index in [1.165, 1.54) is 4.90 Å². The number of hydrogen-bond donors (Lipinski definition) is 1. The van der Waals surface area contributed by atoms with E-state index in [2.05, 4.69) is 0 Å². The molecule has 0 aliphatic carbocycles. The van der Waals surface area contributed by atoms with Crippen LogP contribution in [-0.2, 0) is 9.53 Å². The zero-order valence-electron chi connectivity index (χ0n) is 10.1. The summed E-state index contributed by atoms with van der Waals surface area (Å²) in [5.41, 5.74) is 0.565. The number of benzene rings is 1. The second kappa shape index (κ2) is 5.18. The van der Waals surface area contributed by atoms with Crippen molar-refractivity contribution in [3.8, 4) is 0 Å². The van der Waals surface area contributed by atoms with Gasteiger partial charge in [-0.15, -0.1) is 0 Å². The maximum absolute atomic E-state index is 12.2. The van der Waals surface area contributed by atoms with Gasteiger partial charge in [-0.1, -0.05) is 18.2 Å². The molecule has 0 radical (unpaired) electrons. The van der Waals surface area contributed by atoms with Crippen LogP contribution in [0.25, 0.3) is 0 Å². The predicted octanol–water partition coefficient (Wildman–Crippen LogP) is 1.00. The Balaban J connectivity index is 2.13. The molecule has 1 amide bonds. The number of carbonyl (C=O) groups is 2. The van der Waals surface area contributed by atoms with Crippen LogP contribution < -0.4 is 0 Å². The third-order valence-electron chi connectivity index (χ3n) is 2.84. The molecule has 1 fully saturated rings. The molecule has 1 saturated heterocycles. The molecular formula is C13H15NO4. The summed E-state index contributed by atoms with van der Waals surface area (Å²) in [5, 5.41) is 8.96. The lowest BCUT2D eigenvalue weighted by molar-refractivity contribution is -0.160. The Morgan fingerprint density at radius 3 is 2.56 bits per heavy atom. The van der Waals surface area contributed by atoms with E-state index in [1.807, 2.05) is 6.07 Å². The normalized spacial score (nSPS) is 23.7. The van der Waals surface area contributed by atoms with Gasteiger partial charge in [0.05, 0.1) is 12.6 Å². The van der Waals surface area contributed by atoms with Crippen LogP contribution in [0, 0.1) is 0 Å². The van der Waals surface area contributed by atoms with Crippen LogP contribution in [0.15, 0.2) is 30.3 Å². The minimum absolute atomic E-state index is 0.0907. The molecule has 1 aromatic carbocycles. The molecule has 5 heteroatoms. The molecule has 1 aromatic rings. The van der Waals surface area contributed by atoms with Crippen LogP contribution in [0.1, 0.15) is 17.3 Å². The van der Waals surface area contributed by atoms with Gasteiger partial charge in [-0.2, -0.15) is 0 Å². The summed E-state index contributed by atoms with van der Waals surface area (Å²) in [5.74, 6) is -1.19. The Morgan fingerprint density at radius 2 is 1.94 bits per heavy atom. The van der Waals surface area contributed by atoms with Crippen molar-refractivity contribution >= 4 is 11.9 Å². The van der Waals surface area contributed by atoms with Crippen LogP contribution >= 0.6 is 0 Å². The first-order valence-corrected chi connectivity index (χ1v) is 5.80. The summed E-state index contributed by atoms with van der Waals surface area (Å²) in [6, 6.07) is 8.84. The lowest BCUT2D eigenvalue weighted by atomic mass is 10.1. The van der Waals surface area contributed by atoms with E-state index in [9.17, 15) is 9.59 Å². The zero-order valence-corrected chi connectivity index (χ0v) is 10.1. The topological polar surface area (TPSA) is 66.8 Å². The number of aliphatic carboxylic acids is 1. The molecule has 2 rings (SSSR count). The van der Waals surface area contributed by atoms with Crippen LogP contribution in [0.5, 0.6) is 0 Å². The van der Waals surface area contributed by atoms with E-state index in [1.54, 1.807) is 31.2 Å². The van der Waals surface area contributed by atoms with Crippen LogP contribution in [0.3, 0.4) is 0 Å². The number of morpholine rings is 1. The second-order valence-electron chi connectivity index (χ2n) is 4.35. The molecule has 18 heavy (non-hydrogen) atoms. The fourth-order valence-electron chi connectivity index (χ4n) is 2.02. The molecule has 1 N–H and O–H groups in total. The molecule has 1 aliphatic rings. The number of rotatable bonds is 2. The Labute approximate surface area is 105 Å². The molecule has 5 nitrogen and oxygen atoms in total. The molecule has 1 heterocycles. The molecule has 96 valence electrons. The van der Waals surface area contributed by atoms with Gasteiger partial charge in [0, 0.05) is 12.1 Å². The lowest BCUT2D eigenvalue weighted by Crippen LogP contribution is -2.51. The van der Waals surface area contributed by atoms with Crippen LogP contribution in [0.4, 0.5) is 0 Å². The van der Waals surface area contributed by atoms with Gasteiger partial charge >= 0.3 is 5.97 Å². The molecular weight excluding hydrogens is 234 g/mol. The van der Waals surface area contributed by atoms with Gasteiger partial charge in [-0.05, 0) is 19.1 Å². The summed E-state index contributed by atoms with van der Waals surface area (Å²) in [6.45, 7) is 2.27. The van der Waals surface area contributed by atoms with E-state index in [0.29, 0.717) is 12.1 Å². The maximum atomic E-state index is 12.2. The number of nitrogens with zero attached hydrogens (tertiary/aromatic N) is 1. The molecule has 0 spiro atoms. The molecule has 0 saturated carbocycles. The number of hydrogen-bond acceptors (Lipinski definition) is 3. The van der Waals surface area contributed by atoms with Crippen LogP contribution in [0.2, 0.25) is 0 Å². The highest BCUT2D eigenvalue weighted by Gasteiger charge is 2.32. The summed E-state index contributed by atoms with van der Waals surface area (Å²) >= 11 is 0. The van der Waals surface area contributed by atoms with Crippen molar-refractivity contribution in [3.63, 3.8) is 0 Å². The average Bonchev–Trinajstić information content (AvgIpc) is 2.38. The average molecular weight is 249 g/mol. The first kappa shape index (κ1) is 12.6. The van der Waals surface area contributed by atoms with E-state index < -0.39 is 12.1 Å². The minimum Gasteiger partial charge on any atom is -0.479 e. The summed E-state index contributed by atoms with van der Waals surface area (Å²) < 4.78 is 5.27. The Morgan fingerprint density at radius 1 is 1.28 bits per heavy atom. The Hall–Kier alpha value is -1.88.